The van der Waals surface area contributed by atoms with Crippen molar-refractivity contribution in [2.24, 2.45) is 5.92 Å². The molecule has 3 rings (SSSR count). The number of rotatable bonds is 3. The molecular weight excluding hydrogens is 246 g/mol. The molecule has 1 aromatic carbocycles. The van der Waals surface area contributed by atoms with Gasteiger partial charge in [-0.15, -0.1) is 0 Å². The minimum atomic E-state index is -0.184. The molecule has 2 N–H and O–H groups in total. The maximum atomic E-state index is 10.5. The Balaban J connectivity index is 1.86. The summed E-state index contributed by atoms with van der Waals surface area (Å²) in [5.74, 6) is 1.21. The van der Waals surface area contributed by atoms with E-state index >= 15 is 0 Å². The average molecular weight is 273 g/mol. The molecular formula is C18H27NO. The Morgan fingerprint density at radius 2 is 1.70 bits per heavy atom. The largest absolute Gasteiger partial charge is 0.391 e. The summed E-state index contributed by atoms with van der Waals surface area (Å²) in [6.45, 7) is 1.05. The number of piperidine rings is 1. The SMILES string of the molecule is OC1CCCNC1C(c1ccccc1)C1CCCCC1. The van der Waals surface area contributed by atoms with Crippen molar-refractivity contribution >= 4 is 0 Å². The fourth-order valence-electron chi connectivity index (χ4n) is 4.20. The van der Waals surface area contributed by atoms with Crippen LogP contribution in [0.15, 0.2) is 30.3 Å². The fraction of sp³-hybridized carbons (Fsp3) is 0.667. The van der Waals surface area contributed by atoms with E-state index in [1.54, 1.807) is 0 Å². The zero-order chi connectivity index (χ0) is 13.8. The molecule has 0 bridgehead atoms. The van der Waals surface area contributed by atoms with E-state index < -0.39 is 0 Å². The number of hydrogen-bond acceptors (Lipinski definition) is 2. The summed E-state index contributed by atoms with van der Waals surface area (Å²) in [5.41, 5.74) is 1.41. The lowest BCUT2D eigenvalue weighted by atomic mass is 9.71. The van der Waals surface area contributed by atoms with Crippen LogP contribution in [0.25, 0.3) is 0 Å². The Bertz CT molecular complexity index is 399. The van der Waals surface area contributed by atoms with Gasteiger partial charge in [-0.2, -0.15) is 0 Å². The Labute approximate surface area is 122 Å². The van der Waals surface area contributed by atoms with E-state index in [0.717, 1.165) is 25.3 Å². The molecule has 1 aliphatic carbocycles. The van der Waals surface area contributed by atoms with Crippen molar-refractivity contribution in [3.8, 4) is 0 Å². The van der Waals surface area contributed by atoms with Crippen LogP contribution in [0.2, 0.25) is 0 Å². The van der Waals surface area contributed by atoms with Crippen molar-refractivity contribution in [1.29, 1.82) is 0 Å². The van der Waals surface area contributed by atoms with Gasteiger partial charge in [-0.1, -0.05) is 49.6 Å². The Morgan fingerprint density at radius 3 is 2.40 bits per heavy atom. The molecule has 2 fully saturated rings. The molecule has 1 aliphatic heterocycles. The lowest BCUT2D eigenvalue weighted by Gasteiger charge is -2.41. The first-order valence-corrected chi connectivity index (χ1v) is 8.32. The van der Waals surface area contributed by atoms with Gasteiger partial charge in [0.2, 0.25) is 0 Å². The molecule has 110 valence electrons. The summed E-state index contributed by atoms with van der Waals surface area (Å²) < 4.78 is 0. The average Bonchev–Trinajstić information content (AvgIpc) is 2.52. The number of aliphatic hydroxyl groups excluding tert-OH is 1. The van der Waals surface area contributed by atoms with E-state index in [4.69, 9.17) is 0 Å². The summed E-state index contributed by atoms with van der Waals surface area (Å²) >= 11 is 0. The first kappa shape index (κ1) is 14.1. The maximum Gasteiger partial charge on any atom is 0.0699 e. The molecule has 1 saturated heterocycles. The van der Waals surface area contributed by atoms with Gasteiger partial charge in [-0.3, -0.25) is 0 Å². The lowest BCUT2D eigenvalue weighted by Crippen LogP contribution is -2.50. The van der Waals surface area contributed by atoms with Crippen LogP contribution in [0.1, 0.15) is 56.4 Å². The van der Waals surface area contributed by atoms with Crippen LogP contribution in [-0.2, 0) is 0 Å². The first-order valence-electron chi connectivity index (χ1n) is 8.32. The van der Waals surface area contributed by atoms with Crippen molar-refractivity contribution in [3.63, 3.8) is 0 Å². The summed E-state index contributed by atoms with van der Waals surface area (Å²) in [6.07, 6.45) is 8.62. The van der Waals surface area contributed by atoms with Gasteiger partial charge >= 0.3 is 0 Å². The highest BCUT2D eigenvalue weighted by atomic mass is 16.3. The third-order valence-electron chi connectivity index (χ3n) is 5.20. The molecule has 3 atom stereocenters. The zero-order valence-corrected chi connectivity index (χ0v) is 12.3. The molecule has 1 heterocycles. The third-order valence-corrected chi connectivity index (χ3v) is 5.20. The molecule has 0 spiro atoms. The number of aliphatic hydroxyl groups is 1. The summed E-state index contributed by atoms with van der Waals surface area (Å²) in [5, 5.41) is 14.1. The smallest absolute Gasteiger partial charge is 0.0699 e. The van der Waals surface area contributed by atoms with Crippen LogP contribution >= 0.6 is 0 Å². The highest BCUT2D eigenvalue weighted by Crippen LogP contribution is 2.40. The molecule has 2 nitrogen and oxygen atoms in total. The van der Waals surface area contributed by atoms with Gasteiger partial charge in [-0.25, -0.2) is 0 Å². The normalized spacial score (nSPS) is 30.1. The molecule has 20 heavy (non-hydrogen) atoms. The van der Waals surface area contributed by atoms with Gasteiger partial charge in [0, 0.05) is 12.0 Å². The van der Waals surface area contributed by atoms with Gasteiger partial charge in [0.05, 0.1) is 6.10 Å². The lowest BCUT2D eigenvalue weighted by molar-refractivity contribution is 0.0665. The second kappa shape index (κ2) is 6.73. The van der Waals surface area contributed by atoms with E-state index in [2.05, 4.69) is 35.6 Å². The molecule has 0 radical (unpaired) electrons. The molecule has 2 heteroatoms. The minimum absolute atomic E-state index is 0.184. The van der Waals surface area contributed by atoms with E-state index in [-0.39, 0.29) is 12.1 Å². The van der Waals surface area contributed by atoms with Crippen LogP contribution < -0.4 is 5.32 Å². The molecule has 1 aromatic rings. The number of nitrogens with one attached hydrogen (secondary N) is 1. The third kappa shape index (κ3) is 3.07. The standard InChI is InChI=1S/C18H27NO/c20-16-12-7-13-19-18(16)17(14-8-3-1-4-9-14)15-10-5-2-6-11-15/h1,3-4,8-9,15-20H,2,5-7,10-13H2. The predicted molar refractivity (Wildman–Crippen MR) is 82.8 cm³/mol. The molecule has 3 unspecified atom stereocenters. The summed E-state index contributed by atoms with van der Waals surface area (Å²) in [6, 6.07) is 11.1. The summed E-state index contributed by atoms with van der Waals surface area (Å²) in [7, 11) is 0. The molecule has 0 aromatic heterocycles. The quantitative estimate of drug-likeness (QED) is 0.884. The Kier molecular flexibility index (Phi) is 4.74. The van der Waals surface area contributed by atoms with Crippen molar-refractivity contribution in [1.82, 2.24) is 5.32 Å². The second-order valence-corrected chi connectivity index (χ2v) is 6.52. The fourth-order valence-corrected chi connectivity index (χ4v) is 4.20. The van der Waals surface area contributed by atoms with E-state index in [1.807, 2.05) is 0 Å². The van der Waals surface area contributed by atoms with Crippen molar-refractivity contribution in [2.75, 3.05) is 6.54 Å². The first-order chi connectivity index (χ1) is 9.86. The highest BCUT2D eigenvalue weighted by Gasteiger charge is 2.36. The minimum Gasteiger partial charge on any atom is -0.391 e. The molecule has 0 amide bonds. The van der Waals surface area contributed by atoms with Crippen molar-refractivity contribution in [3.05, 3.63) is 35.9 Å². The highest BCUT2D eigenvalue weighted by molar-refractivity contribution is 5.23. The molecule has 1 saturated carbocycles. The van der Waals surface area contributed by atoms with Gasteiger partial charge < -0.3 is 10.4 Å². The number of benzene rings is 1. The van der Waals surface area contributed by atoms with Crippen molar-refractivity contribution in [2.45, 2.75) is 63.0 Å². The summed E-state index contributed by atoms with van der Waals surface area (Å²) in [4.78, 5) is 0. The van der Waals surface area contributed by atoms with Gasteiger partial charge in [0.1, 0.15) is 0 Å². The Morgan fingerprint density at radius 1 is 0.950 bits per heavy atom. The van der Waals surface area contributed by atoms with Gasteiger partial charge in [-0.05, 0) is 43.7 Å². The van der Waals surface area contributed by atoms with Gasteiger partial charge in [0.15, 0.2) is 0 Å². The zero-order valence-electron chi connectivity index (χ0n) is 12.3. The van der Waals surface area contributed by atoms with E-state index in [9.17, 15) is 5.11 Å². The van der Waals surface area contributed by atoms with Crippen LogP contribution in [-0.4, -0.2) is 23.8 Å². The van der Waals surface area contributed by atoms with E-state index in [0.29, 0.717) is 5.92 Å². The van der Waals surface area contributed by atoms with Gasteiger partial charge in [0.25, 0.3) is 0 Å². The van der Waals surface area contributed by atoms with Crippen LogP contribution in [0.4, 0.5) is 0 Å². The second-order valence-electron chi connectivity index (χ2n) is 6.52. The van der Waals surface area contributed by atoms with Crippen LogP contribution in [0, 0.1) is 5.92 Å². The van der Waals surface area contributed by atoms with Crippen molar-refractivity contribution < 1.29 is 5.11 Å². The Hall–Kier alpha value is -0.860. The maximum absolute atomic E-state index is 10.5. The topological polar surface area (TPSA) is 32.3 Å². The molecule has 2 aliphatic rings. The predicted octanol–water partition coefficient (Wildman–Crippen LogP) is 3.46. The van der Waals surface area contributed by atoms with Crippen LogP contribution in [0.5, 0.6) is 0 Å². The van der Waals surface area contributed by atoms with E-state index in [1.165, 1.54) is 37.7 Å². The monoisotopic (exact) mass is 273 g/mol. The number of hydrogen-bond donors (Lipinski definition) is 2. The van der Waals surface area contributed by atoms with Crippen LogP contribution in [0.3, 0.4) is 0 Å².